The second-order valence-corrected chi connectivity index (χ2v) is 10.3. The molecule has 0 spiro atoms. The Bertz CT molecular complexity index is 1580. The summed E-state index contributed by atoms with van der Waals surface area (Å²) in [5.41, 5.74) is -1.40. The number of hydrogen-bond donors (Lipinski definition) is 7. The summed E-state index contributed by atoms with van der Waals surface area (Å²) < 4.78 is 11.1. The highest BCUT2D eigenvalue weighted by Gasteiger charge is 2.59. The number of aliphatic hydroxyl groups is 2. The molecule has 1 aliphatic rings. The zero-order valence-corrected chi connectivity index (χ0v) is 23.1. The Balaban J connectivity index is 1.66. The molecule has 5 atom stereocenters. The van der Waals surface area contributed by atoms with Gasteiger partial charge in [0, 0.05) is 24.5 Å². The van der Waals surface area contributed by atoms with Gasteiger partial charge in [-0.2, -0.15) is 0 Å². The monoisotopic (exact) mass is 606 g/mol. The number of phenolic OH excluding ortho intramolecular Hbond substituents is 4. The maximum absolute atomic E-state index is 13.0. The van der Waals surface area contributed by atoms with Crippen LogP contribution in [0.15, 0.2) is 78.9 Å². The van der Waals surface area contributed by atoms with E-state index in [0.717, 1.165) is 12.2 Å². The van der Waals surface area contributed by atoms with E-state index in [1.807, 2.05) is 0 Å². The molecule has 44 heavy (non-hydrogen) atoms. The Morgan fingerprint density at radius 1 is 0.750 bits per heavy atom. The number of ether oxygens (including phenoxy) is 2. The number of esters is 2. The third-order valence-corrected chi connectivity index (χ3v) is 7.23. The molecule has 5 unspecified atom stereocenters. The van der Waals surface area contributed by atoms with Crippen molar-refractivity contribution in [2.24, 2.45) is 5.92 Å². The third kappa shape index (κ3) is 7.35. The van der Waals surface area contributed by atoms with Crippen molar-refractivity contribution in [3.63, 3.8) is 0 Å². The predicted molar refractivity (Wildman–Crippen MR) is 154 cm³/mol. The highest BCUT2D eigenvalue weighted by molar-refractivity contribution is 5.88. The Morgan fingerprint density at radius 3 is 1.73 bits per heavy atom. The van der Waals surface area contributed by atoms with E-state index in [0.29, 0.717) is 16.7 Å². The molecule has 0 saturated heterocycles. The SMILES string of the molecule is O=C(C=Cc1ccc(O)c(O)c1)OC1C(O)CC(O)(C(=O)O)C(Cc2ccccc2)C1OC(=O)C=Cc1ccc(O)c(O)c1. The van der Waals surface area contributed by atoms with Gasteiger partial charge in [0.25, 0.3) is 0 Å². The van der Waals surface area contributed by atoms with E-state index in [4.69, 9.17) is 9.47 Å². The van der Waals surface area contributed by atoms with Gasteiger partial charge >= 0.3 is 17.9 Å². The van der Waals surface area contributed by atoms with Crippen molar-refractivity contribution < 1.29 is 59.6 Å². The highest BCUT2D eigenvalue weighted by Crippen LogP contribution is 2.40. The van der Waals surface area contributed by atoms with Gasteiger partial charge in [-0.25, -0.2) is 14.4 Å². The number of hydrogen-bond acceptors (Lipinski definition) is 11. The van der Waals surface area contributed by atoms with Crippen molar-refractivity contribution in [3.8, 4) is 23.0 Å². The molecular weight excluding hydrogens is 576 g/mol. The number of benzene rings is 3. The van der Waals surface area contributed by atoms with Crippen molar-refractivity contribution >= 4 is 30.1 Å². The van der Waals surface area contributed by atoms with Crippen molar-refractivity contribution in [3.05, 3.63) is 95.6 Å². The quantitative estimate of drug-likeness (QED) is 0.106. The lowest BCUT2D eigenvalue weighted by Gasteiger charge is -2.46. The molecule has 0 aromatic heterocycles. The smallest absolute Gasteiger partial charge is 0.336 e. The van der Waals surface area contributed by atoms with Crippen LogP contribution in [0, 0.1) is 5.92 Å². The van der Waals surface area contributed by atoms with Crippen molar-refractivity contribution in [2.75, 3.05) is 0 Å². The molecule has 4 rings (SSSR count). The fraction of sp³-hybridized carbons (Fsp3) is 0.219. The van der Waals surface area contributed by atoms with Crippen LogP contribution in [0.3, 0.4) is 0 Å². The number of aliphatic hydroxyl groups excluding tert-OH is 1. The minimum atomic E-state index is -2.59. The third-order valence-electron chi connectivity index (χ3n) is 7.23. The number of carbonyl (C=O) groups is 3. The maximum Gasteiger partial charge on any atom is 0.336 e. The van der Waals surface area contributed by atoms with Gasteiger partial charge in [0.05, 0.1) is 6.10 Å². The van der Waals surface area contributed by atoms with Crippen LogP contribution >= 0.6 is 0 Å². The molecule has 0 heterocycles. The normalized spacial score (nSPS) is 23.4. The lowest BCUT2D eigenvalue weighted by atomic mass is 9.68. The molecule has 3 aromatic carbocycles. The number of aliphatic carboxylic acids is 1. The van der Waals surface area contributed by atoms with Crippen LogP contribution in [0.25, 0.3) is 12.2 Å². The molecule has 0 radical (unpaired) electrons. The standard InChI is InChI=1S/C32H30O12/c33-22-10-6-19(15-24(22)35)8-12-27(38)43-29-21(14-18-4-2-1-3-5-18)32(42,31(40)41)17-26(37)30(29)44-28(39)13-9-20-7-11-23(34)25(36)16-20/h1-13,15-16,21,26,29-30,33-37,42H,14,17H2,(H,40,41). The van der Waals surface area contributed by atoms with Crippen LogP contribution in [0.5, 0.6) is 23.0 Å². The van der Waals surface area contributed by atoms with Gasteiger partial charge in [-0.15, -0.1) is 0 Å². The van der Waals surface area contributed by atoms with Gasteiger partial charge in [0.2, 0.25) is 0 Å². The van der Waals surface area contributed by atoms with Crippen molar-refractivity contribution in [1.82, 2.24) is 0 Å². The predicted octanol–water partition coefficient (Wildman–Crippen LogP) is 2.50. The van der Waals surface area contributed by atoms with E-state index in [9.17, 15) is 50.1 Å². The highest BCUT2D eigenvalue weighted by atomic mass is 16.6. The summed E-state index contributed by atoms with van der Waals surface area (Å²) in [5, 5.41) is 70.7. The van der Waals surface area contributed by atoms with Crippen LogP contribution in [-0.4, -0.2) is 77.6 Å². The summed E-state index contributed by atoms with van der Waals surface area (Å²) in [4.78, 5) is 38.2. The molecule has 1 saturated carbocycles. The topological polar surface area (TPSA) is 211 Å². The first-order valence-electron chi connectivity index (χ1n) is 13.4. The van der Waals surface area contributed by atoms with Crippen LogP contribution in [0.4, 0.5) is 0 Å². The van der Waals surface area contributed by atoms with Crippen LogP contribution < -0.4 is 0 Å². The average molecular weight is 607 g/mol. The lowest BCUT2D eigenvalue weighted by Crippen LogP contribution is -2.65. The number of phenols is 4. The van der Waals surface area contributed by atoms with Gasteiger partial charge < -0.3 is 45.2 Å². The van der Waals surface area contributed by atoms with Gasteiger partial charge in [0.1, 0.15) is 6.10 Å². The summed E-state index contributed by atoms with van der Waals surface area (Å²) in [5.74, 6) is -6.74. The summed E-state index contributed by atoms with van der Waals surface area (Å²) in [6.07, 6.45) is -1.51. The van der Waals surface area contributed by atoms with Gasteiger partial charge in [-0.3, -0.25) is 0 Å². The first-order valence-corrected chi connectivity index (χ1v) is 13.4. The summed E-state index contributed by atoms with van der Waals surface area (Å²) >= 11 is 0. The Labute approximate surface area is 251 Å². The fourth-order valence-electron chi connectivity index (χ4n) is 4.96. The lowest BCUT2D eigenvalue weighted by molar-refractivity contribution is -0.223. The summed E-state index contributed by atoms with van der Waals surface area (Å²) in [6, 6.07) is 16.0. The van der Waals surface area contributed by atoms with E-state index >= 15 is 0 Å². The van der Waals surface area contributed by atoms with Crippen LogP contribution in [0.2, 0.25) is 0 Å². The van der Waals surface area contributed by atoms with Crippen LogP contribution in [-0.2, 0) is 30.3 Å². The molecule has 1 fully saturated rings. The molecule has 0 amide bonds. The summed E-state index contributed by atoms with van der Waals surface area (Å²) in [6.45, 7) is 0. The molecule has 0 aliphatic heterocycles. The second kappa shape index (κ2) is 13.3. The first kappa shape index (κ1) is 31.6. The minimum Gasteiger partial charge on any atom is -0.504 e. The van der Waals surface area contributed by atoms with Crippen LogP contribution in [0.1, 0.15) is 23.1 Å². The fourth-order valence-corrected chi connectivity index (χ4v) is 4.96. The Kier molecular flexibility index (Phi) is 9.57. The van der Waals surface area contributed by atoms with Crippen molar-refractivity contribution in [2.45, 2.75) is 36.8 Å². The van der Waals surface area contributed by atoms with E-state index < -0.39 is 65.7 Å². The molecule has 12 heteroatoms. The zero-order chi connectivity index (χ0) is 32.0. The zero-order valence-electron chi connectivity index (χ0n) is 23.1. The number of aromatic hydroxyl groups is 4. The molecule has 12 nitrogen and oxygen atoms in total. The van der Waals surface area contributed by atoms with Gasteiger partial charge in [-0.1, -0.05) is 42.5 Å². The average Bonchev–Trinajstić information content (AvgIpc) is 2.98. The number of carbonyl (C=O) groups excluding carboxylic acids is 2. The molecular formula is C32H30O12. The maximum atomic E-state index is 13.0. The van der Waals surface area contributed by atoms with E-state index in [-0.39, 0.29) is 17.9 Å². The summed E-state index contributed by atoms with van der Waals surface area (Å²) in [7, 11) is 0. The van der Waals surface area contributed by atoms with Gasteiger partial charge in [0.15, 0.2) is 34.7 Å². The number of rotatable bonds is 9. The van der Waals surface area contributed by atoms with Gasteiger partial charge in [-0.05, 0) is 59.5 Å². The Hall–Kier alpha value is -5.33. The van der Waals surface area contributed by atoms with E-state index in [2.05, 4.69) is 0 Å². The van der Waals surface area contributed by atoms with Crippen molar-refractivity contribution in [1.29, 1.82) is 0 Å². The largest absolute Gasteiger partial charge is 0.504 e. The molecule has 3 aromatic rings. The van der Waals surface area contributed by atoms with E-state index in [1.165, 1.54) is 48.6 Å². The minimum absolute atomic E-state index is 0.138. The van der Waals surface area contributed by atoms with E-state index in [1.54, 1.807) is 30.3 Å². The first-order chi connectivity index (χ1) is 20.9. The second-order valence-electron chi connectivity index (χ2n) is 10.3. The Morgan fingerprint density at radius 2 is 1.25 bits per heavy atom. The molecule has 7 N–H and O–H groups in total. The molecule has 1 aliphatic carbocycles. The number of carboxylic acids is 1. The number of carboxylic acid groups (broad SMARTS) is 1. The molecule has 0 bridgehead atoms. The molecule has 230 valence electrons.